The van der Waals surface area contributed by atoms with E-state index in [0.29, 0.717) is 34.8 Å². The van der Waals surface area contributed by atoms with Gasteiger partial charge in [0.05, 0.1) is 18.5 Å². The molecule has 3 aromatic rings. The predicted octanol–water partition coefficient (Wildman–Crippen LogP) is 3.83. The maximum atomic E-state index is 12.6. The molecule has 0 spiro atoms. The van der Waals surface area contributed by atoms with Gasteiger partial charge >= 0.3 is 0 Å². The van der Waals surface area contributed by atoms with Crippen molar-refractivity contribution in [2.75, 3.05) is 17.7 Å². The van der Waals surface area contributed by atoms with E-state index in [4.69, 9.17) is 4.74 Å². The molecule has 35 heavy (non-hydrogen) atoms. The van der Waals surface area contributed by atoms with Gasteiger partial charge in [0.15, 0.2) is 0 Å². The molecule has 0 bridgehead atoms. The minimum atomic E-state index is -0.537. The highest BCUT2D eigenvalue weighted by Gasteiger charge is 2.25. The molecule has 3 N–H and O–H groups in total. The first kappa shape index (κ1) is 24.4. The van der Waals surface area contributed by atoms with Gasteiger partial charge in [0, 0.05) is 23.4 Å². The van der Waals surface area contributed by atoms with E-state index in [9.17, 15) is 14.4 Å². The number of rotatable bonds is 8. The second kappa shape index (κ2) is 9.85. The zero-order valence-corrected chi connectivity index (χ0v) is 20.5. The summed E-state index contributed by atoms with van der Waals surface area (Å²) >= 11 is 0. The summed E-state index contributed by atoms with van der Waals surface area (Å²) in [5, 5.41) is 9.15. The molecule has 1 amide bonds. The lowest BCUT2D eigenvalue weighted by molar-refractivity contribution is 0.0937. The Labute approximate surface area is 204 Å². The van der Waals surface area contributed by atoms with Crippen LogP contribution in [0.3, 0.4) is 0 Å². The number of aromatic nitrogens is 2. The highest BCUT2D eigenvalue weighted by atomic mass is 16.5. The van der Waals surface area contributed by atoms with E-state index in [2.05, 4.69) is 25.9 Å². The van der Waals surface area contributed by atoms with E-state index < -0.39 is 10.9 Å². The molecular weight excluding hydrogens is 446 g/mol. The van der Waals surface area contributed by atoms with Gasteiger partial charge in [0.25, 0.3) is 5.91 Å². The molecule has 184 valence electrons. The highest BCUT2D eigenvalue weighted by molar-refractivity contribution is 5.95. The lowest BCUT2D eigenvalue weighted by Crippen LogP contribution is -2.39. The first-order chi connectivity index (χ1) is 16.6. The molecule has 9 nitrogen and oxygen atoms in total. The maximum absolute atomic E-state index is 12.6. The van der Waals surface area contributed by atoms with Crippen LogP contribution in [0, 0.1) is 5.41 Å². The number of benzene rings is 1. The number of ether oxygens (including phenoxy) is 1. The average molecular weight is 478 g/mol. The van der Waals surface area contributed by atoms with Crippen LogP contribution in [0.25, 0.3) is 0 Å². The van der Waals surface area contributed by atoms with E-state index >= 15 is 0 Å². The average Bonchev–Trinajstić information content (AvgIpc) is 3.34. The van der Waals surface area contributed by atoms with E-state index in [-0.39, 0.29) is 29.0 Å². The molecule has 0 atom stereocenters. The number of methoxy groups -OCH3 is 1. The number of carbonyl (C=O) groups is 1. The second-order valence-corrected chi connectivity index (χ2v) is 10.1. The van der Waals surface area contributed by atoms with Crippen molar-refractivity contribution in [3.63, 3.8) is 0 Å². The third-order valence-electron chi connectivity index (χ3n) is 6.03. The second-order valence-electron chi connectivity index (χ2n) is 10.1. The fourth-order valence-electron chi connectivity index (χ4n) is 4.28. The molecule has 1 fully saturated rings. The molecule has 1 aromatic heterocycles. The molecule has 1 saturated carbocycles. The largest absolute Gasteiger partial charge is 0.495 e. The van der Waals surface area contributed by atoms with Gasteiger partial charge < -0.3 is 20.7 Å². The summed E-state index contributed by atoms with van der Waals surface area (Å²) in [5.74, 6) is 1.01. The SMILES string of the molecule is COc1cc(C(=O)NC2CCCC2)ccc1Nc1nccc(Nc2c(CC(C)(C)C)c(=O)c2=O)n1. The monoisotopic (exact) mass is 477 g/mol. The molecule has 1 aliphatic carbocycles. The summed E-state index contributed by atoms with van der Waals surface area (Å²) in [7, 11) is 1.53. The van der Waals surface area contributed by atoms with Crippen LogP contribution in [0.4, 0.5) is 23.1 Å². The number of hydrogen-bond acceptors (Lipinski definition) is 8. The van der Waals surface area contributed by atoms with Crippen LogP contribution in [0.5, 0.6) is 5.75 Å². The van der Waals surface area contributed by atoms with Crippen molar-refractivity contribution < 1.29 is 9.53 Å². The molecule has 0 aliphatic heterocycles. The normalized spacial score (nSPS) is 14.2. The quantitative estimate of drug-likeness (QED) is 0.419. The van der Waals surface area contributed by atoms with Crippen LogP contribution in [0.1, 0.15) is 62.4 Å². The minimum Gasteiger partial charge on any atom is -0.495 e. The Kier molecular flexibility index (Phi) is 6.86. The summed E-state index contributed by atoms with van der Waals surface area (Å²) in [6, 6.07) is 6.99. The van der Waals surface area contributed by atoms with Crippen molar-refractivity contribution in [1.29, 1.82) is 0 Å². The molecule has 0 saturated heterocycles. The Morgan fingerprint density at radius 1 is 1.09 bits per heavy atom. The molecule has 9 heteroatoms. The van der Waals surface area contributed by atoms with E-state index in [0.717, 1.165) is 25.7 Å². The van der Waals surface area contributed by atoms with Gasteiger partial charge in [-0.05, 0) is 48.9 Å². The lowest BCUT2D eigenvalue weighted by atomic mass is 9.85. The third-order valence-corrected chi connectivity index (χ3v) is 6.03. The Morgan fingerprint density at radius 3 is 2.51 bits per heavy atom. The van der Waals surface area contributed by atoms with Gasteiger partial charge in [-0.1, -0.05) is 33.6 Å². The van der Waals surface area contributed by atoms with Crippen LogP contribution >= 0.6 is 0 Å². The molecule has 0 unspecified atom stereocenters. The van der Waals surface area contributed by atoms with Crippen LogP contribution in [0.15, 0.2) is 40.1 Å². The standard InChI is InChI=1S/C26H31N5O4/c1-26(2,3)14-17-21(23(33)22(17)32)30-20-11-12-27-25(31-20)29-18-10-9-15(13-19(18)35-4)24(34)28-16-7-5-6-8-16/h9-13,16H,5-8,14H2,1-4H3,(H,28,34)(H2,27,29,30,31). The number of carbonyl (C=O) groups excluding carboxylic acids is 1. The molecule has 1 aliphatic rings. The van der Waals surface area contributed by atoms with Crippen molar-refractivity contribution in [2.24, 2.45) is 5.41 Å². The van der Waals surface area contributed by atoms with Crippen molar-refractivity contribution in [3.05, 3.63) is 62.0 Å². The Bertz CT molecular complexity index is 1300. The number of nitrogens with one attached hydrogen (secondary N) is 3. The number of amides is 1. The smallest absolute Gasteiger partial charge is 0.251 e. The highest BCUT2D eigenvalue weighted by Crippen LogP contribution is 2.29. The molecule has 4 rings (SSSR count). The van der Waals surface area contributed by atoms with Gasteiger partial charge in [0.1, 0.15) is 11.6 Å². The van der Waals surface area contributed by atoms with Crippen molar-refractivity contribution in [1.82, 2.24) is 15.3 Å². The van der Waals surface area contributed by atoms with Crippen LogP contribution in [-0.2, 0) is 6.42 Å². The van der Waals surface area contributed by atoms with Gasteiger partial charge in [-0.3, -0.25) is 14.4 Å². The van der Waals surface area contributed by atoms with E-state index in [1.807, 2.05) is 20.8 Å². The van der Waals surface area contributed by atoms with Gasteiger partial charge in [0.2, 0.25) is 16.8 Å². The fraction of sp³-hybridized carbons (Fsp3) is 0.423. The van der Waals surface area contributed by atoms with Crippen molar-refractivity contribution in [2.45, 2.75) is 58.9 Å². The summed E-state index contributed by atoms with van der Waals surface area (Å²) in [4.78, 5) is 45.5. The third kappa shape index (κ3) is 5.67. The first-order valence-corrected chi connectivity index (χ1v) is 11.8. The zero-order valence-electron chi connectivity index (χ0n) is 20.5. The fourth-order valence-corrected chi connectivity index (χ4v) is 4.28. The molecular formula is C26H31N5O4. The summed E-state index contributed by atoms with van der Waals surface area (Å²) in [5.41, 5.74) is 0.760. The molecule has 1 heterocycles. The zero-order chi connectivity index (χ0) is 25.2. The van der Waals surface area contributed by atoms with Crippen molar-refractivity contribution >= 4 is 29.0 Å². The molecule has 0 radical (unpaired) electrons. The topological polar surface area (TPSA) is 122 Å². The predicted molar refractivity (Wildman–Crippen MR) is 136 cm³/mol. The summed E-state index contributed by atoms with van der Waals surface area (Å²) in [6.07, 6.45) is 6.35. The Balaban J connectivity index is 1.49. The molecule has 2 aromatic carbocycles. The number of hydrogen-bond donors (Lipinski definition) is 3. The summed E-state index contributed by atoms with van der Waals surface area (Å²) < 4.78 is 5.48. The maximum Gasteiger partial charge on any atom is 0.251 e. The van der Waals surface area contributed by atoms with Gasteiger partial charge in [-0.15, -0.1) is 0 Å². The minimum absolute atomic E-state index is 0.122. The van der Waals surface area contributed by atoms with Gasteiger partial charge in [-0.2, -0.15) is 4.98 Å². The first-order valence-electron chi connectivity index (χ1n) is 11.8. The number of nitrogens with zero attached hydrogens (tertiary/aromatic N) is 2. The Morgan fingerprint density at radius 2 is 1.83 bits per heavy atom. The van der Waals surface area contributed by atoms with Crippen LogP contribution in [-0.4, -0.2) is 29.0 Å². The van der Waals surface area contributed by atoms with Crippen LogP contribution < -0.4 is 31.5 Å². The van der Waals surface area contributed by atoms with Gasteiger partial charge in [-0.25, -0.2) is 4.98 Å². The Hall–Kier alpha value is -3.75. The summed E-state index contributed by atoms with van der Waals surface area (Å²) in [6.45, 7) is 6.03. The van der Waals surface area contributed by atoms with Crippen LogP contribution in [0.2, 0.25) is 0 Å². The lowest BCUT2D eigenvalue weighted by Gasteiger charge is -2.21. The number of anilines is 4. The van der Waals surface area contributed by atoms with Crippen molar-refractivity contribution in [3.8, 4) is 5.75 Å². The van der Waals surface area contributed by atoms with E-state index in [1.165, 1.54) is 7.11 Å². The van der Waals surface area contributed by atoms with E-state index in [1.54, 1.807) is 30.5 Å².